The van der Waals surface area contributed by atoms with Gasteiger partial charge in [-0.05, 0) is 36.4 Å². The Labute approximate surface area is 182 Å². The summed E-state index contributed by atoms with van der Waals surface area (Å²) in [6, 6.07) is 7.70. The van der Waals surface area contributed by atoms with Gasteiger partial charge in [-0.15, -0.1) is 13.2 Å². The van der Waals surface area contributed by atoms with E-state index in [9.17, 15) is 40.0 Å². The quantitative estimate of drug-likeness (QED) is 0.385. The molecule has 3 rings (SSSR count). The molecule has 0 unspecified atom stereocenters. The van der Waals surface area contributed by atoms with Crippen molar-refractivity contribution in [2.75, 3.05) is 12.9 Å². The van der Waals surface area contributed by atoms with Crippen LogP contribution in [0, 0.1) is 0 Å². The van der Waals surface area contributed by atoms with Crippen LogP contribution in [0.5, 0.6) is 5.75 Å². The first-order valence-corrected chi connectivity index (χ1v) is 10.7. The summed E-state index contributed by atoms with van der Waals surface area (Å²) in [5, 5.41) is 3.33. The first-order chi connectivity index (χ1) is 15.3. The predicted molar refractivity (Wildman–Crippen MR) is 103 cm³/mol. The number of carbonyl (C=O) groups excluding carboxylic acids is 1. The first-order valence-electron chi connectivity index (χ1n) is 8.85. The van der Waals surface area contributed by atoms with Gasteiger partial charge in [0.05, 0.1) is 21.5 Å². The Morgan fingerprint density at radius 1 is 1.12 bits per heavy atom. The highest BCUT2D eigenvalue weighted by Crippen LogP contribution is 2.26. The maximum absolute atomic E-state index is 12.9. The third-order valence-corrected chi connectivity index (χ3v) is 5.26. The Balaban J connectivity index is 2.27. The van der Waals surface area contributed by atoms with Gasteiger partial charge >= 0.3 is 12.3 Å². The van der Waals surface area contributed by atoms with Crippen LogP contribution in [0.3, 0.4) is 0 Å². The summed E-state index contributed by atoms with van der Waals surface area (Å²) in [5.74, 6) is -2.11. The molecule has 176 valence electrons. The summed E-state index contributed by atoms with van der Waals surface area (Å²) in [7, 11) is -4.00. The van der Waals surface area contributed by atoms with Gasteiger partial charge in [0.2, 0.25) is 11.1 Å². The second-order valence-electron chi connectivity index (χ2n) is 6.54. The molecule has 0 radical (unpaired) electrons. The molecular weight excluding hydrogens is 479 g/mol. The zero-order valence-electron chi connectivity index (χ0n) is 16.5. The molecule has 0 bridgehead atoms. The van der Waals surface area contributed by atoms with Gasteiger partial charge in [-0.3, -0.25) is 4.79 Å². The fourth-order valence-electron chi connectivity index (χ4n) is 2.88. The van der Waals surface area contributed by atoms with Gasteiger partial charge in [0.25, 0.3) is 6.43 Å². The summed E-state index contributed by atoms with van der Waals surface area (Å²) >= 11 is 0. The highest BCUT2D eigenvalue weighted by atomic mass is 32.2. The van der Waals surface area contributed by atoms with Crippen molar-refractivity contribution in [1.29, 1.82) is 0 Å². The molecule has 14 heteroatoms. The Kier molecular flexibility index (Phi) is 6.40. The Bertz CT molecular complexity index is 1370. The molecule has 0 fully saturated rings. The number of nitrogens with zero attached hydrogens (tertiary/aromatic N) is 2. The van der Waals surface area contributed by atoms with Crippen LogP contribution in [-0.2, 0) is 14.6 Å². The minimum absolute atomic E-state index is 0.00286. The van der Waals surface area contributed by atoms with Gasteiger partial charge < -0.3 is 9.47 Å². The molecule has 0 aliphatic heterocycles. The van der Waals surface area contributed by atoms with Crippen LogP contribution in [0.2, 0.25) is 0 Å². The highest BCUT2D eigenvalue weighted by Gasteiger charge is 2.31. The first kappa shape index (κ1) is 24.1. The molecule has 8 nitrogen and oxygen atoms in total. The van der Waals surface area contributed by atoms with E-state index in [1.54, 1.807) is 0 Å². The molecule has 0 aliphatic rings. The van der Waals surface area contributed by atoms with Gasteiger partial charge in [0.1, 0.15) is 5.75 Å². The topological polar surface area (TPSA) is 105 Å². The van der Waals surface area contributed by atoms with E-state index in [0.717, 1.165) is 41.3 Å². The summed E-state index contributed by atoms with van der Waals surface area (Å²) in [6.07, 6.45) is -7.18. The zero-order chi connectivity index (χ0) is 24.6. The number of aromatic nitrogens is 2. The van der Waals surface area contributed by atoms with Gasteiger partial charge in [-0.2, -0.15) is 5.10 Å². The van der Waals surface area contributed by atoms with Crippen LogP contribution < -0.4 is 10.2 Å². The molecule has 2 aromatic carbocycles. The summed E-state index contributed by atoms with van der Waals surface area (Å²) in [4.78, 5) is 24.7. The number of alkyl halides is 5. The summed E-state index contributed by atoms with van der Waals surface area (Å²) in [6.45, 7) is -1.34. The lowest BCUT2D eigenvalue weighted by atomic mass is 10.2. The molecule has 0 saturated carbocycles. The van der Waals surface area contributed by atoms with Crippen LogP contribution in [-0.4, -0.2) is 49.8 Å². The maximum Gasteiger partial charge on any atom is 0.573 e. The number of hydrogen-bond acceptors (Lipinski definition) is 7. The van der Waals surface area contributed by atoms with Gasteiger partial charge in [-0.1, -0.05) is 6.07 Å². The average molecular weight is 492 g/mol. The molecule has 0 atom stereocenters. The molecule has 0 aliphatic carbocycles. The molecule has 0 amide bonds. The largest absolute Gasteiger partial charge is 0.573 e. The summed E-state index contributed by atoms with van der Waals surface area (Å²) < 4.78 is 95.5. The lowest BCUT2D eigenvalue weighted by Crippen LogP contribution is -2.26. The van der Waals surface area contributed by atoms with Crippen LogP contribution in [0.15, 0.2) is 52.2 Å². The Morgan fingerprint density at radius 2 is 1.76 bits per heavy atom. The highest BCUT2D eigenvalue weighted by molar-refractivity contribution is 7.91. The van der Waals surface area contributed by atoms with Crippen molar-refractivity contribution in [1.82, 2.24) is 9.78 Å². The average Bonchev–Trinajstić information content (AvgIpc) is 2.71. The van der Waals surface area contributed by atoms with E-state index in [0.29, 0.717) is 0 Å². The van der Waals surface area contributed by atoms with E-state index >= 15 is 0 Å². The number of fused-ring (bicyclic) bond motifs is 1. The van der Waals surface area contributed by atoms with Crippen LogP contribution in [0.4, 0.5) is 22.0 Å². The Hall–Kier alpha value is -3.55. The lowest BCUT2D eigenvalue weighted by Gasteiger charge is -2.14. The molecule has 0 spiro atoms. The third kappa shape index (κ3) is 5.45. The number of hydrogen-bond donors (Lipinski definition) is 0. The zero-order valence-corrected chi connectivity index (χ0v) is 17.3. The van der Waals surface area contributed by atoms with E-state index in [1.165, 1.54) is 12.1 Å². The number of rotatable bonds is 6. The van der Waals surface area contributed by atoms with Crippen molar-refractivity contribution in [3.05, 3.63) is 58.4 Å². The van der Waals surface area contributed by atoms with Crippen molar-refractivity contribution in [3.8, 4) is 11.4 Å². The predicted octanol–water partition coefficient (Wildman–Crippen LogP) is 3.11. The molecule has 1 heterocycles. The van der Waals surface area contributed by atoms with E-state index < -0.39 is 62.4 Å². The number of ether oxygens (including phenoxy) is 2. The van der Waals surface area contributed by atoms with E-state index in [4.69, 9.17) is 0 Å². The van der Waals surface area contributed by atoms with Gasteiger partial charge in [-0.25, -0.2) is 26.7 Å². The van der Waals surface area contributed by atoms with Crippen molar-refractivity contribution in [3.63, 3.8) is 0 Å². The number of carbonyl (C=O) groups is 1. The van der Waals surface area contributed by atoms with E-state index in [2.05, 4.69) is 14.6 Å². The number of benzene rings is 2. The standard InChI is InChI=1S/C19H13F5N2O6S/c1-33(29,30)13-4-2-3-12-15(13)17(27)16(18(28)31-9-14(20)21)25-26(12)10-5-7-11(8-6-10)32-19(22,23)24/h2-8,14H,9H2,1H3. The van der Waals surface area contributed by atoms with Crippen LogP contribution in [0.1, 0.15) is 10.5 Å². The number of sulfone groups is 1. The van der Waals surface area contributed by atoms with Crippen LogP contribution >= 0.6 is 0 Å². The molecule has 3 aromatic rings. The van der Waals surface area contributed by atoms with Gasteiger partial charge in [0.15, 0.2) is 16.4 Å². The van der Waals surface area contributed by atoms with Gasteiger partial charge in [0, 0.05) is 6.26 Å². The maximum atomic E-state index is 12.9. The third-order valence-electron chi connectivity index (χ3n) is 4.12. The minimum atomic E-state index is -4.95. The van der Waals surface area contributed by atoms with Crippen molar-refractivity contribution < 1.29 is 44.6 Å². The minimum Gasteiger partial charge on any atom is -0.455 e. The molecule has 0 N–H and O–H groups in total. The normalized spacial score (nSPS) is 12.2. The van der Waals surface area contributed by atoms with Crippen molar-refractivity contribution in [2.45, 2.75) is 17.7 Å². The second kappa shape index (κ2) is 8.77. The Morgan fingerprint density at radius 3 is 2.30 bits per heavy atom. The smallest absolute Gasteiger partial charge is 0.455 e. The van der Waals surface area contributed by atoms with Crippen LogP contribution in [0.25, 0.3) is 16.6 Å². The fraction of sp³-hybridized carbons (Fsp3) is 0.211. The number of halogens is 5. The van der Waals surface area contributed by atoms with E-state index in [1.807, 2.05) is 0 Å². The monoisotopic (exact) mass is 492 g/mol. The second-order valence-corrected chi connectivity index (χ2v) is 8.53. The molecule has 1 aromatic heterocycles. The fourth-order valence-corrected chi connectivity index (χ4v) is 3.77. The SMILES string of the molecule is CS(=O)(=O)c1cccc2c1c(=O)c(C(=O)OCC(F)F)nn2-c1ccc(OC(F)(F)F)cc1. The number of esters is 1. The molecule has 0 saturated heterocycles. The van der Waals surface area contributed by atoms with Crippen molar-refractivity contribution in [2.24, 2.45) is 0 Å². The summed E-state index contributed by atoms with van der Waals surface area (Å²) in [5.41, 5.74) is -2.28. The molecule has 33 heavy (non-hydrogen) atoms. The van der Waals surface area contributed by atoms with E-state index in [-0.39, 0.29) is 11.2 Å². The molecular formula is C19H13F5N2O6S. The van der Waals surface area contributed by atoms with Crippen molar-refractivity contribution >= 4 is 26.7 Å². The lowest BCUT2D eigenvalue weighted by molar-refractivity contribution is -0.274.